The minimum absolute atomic E-state index is 0.0349. The third kappa shape index (κ3) is 5.68. The van der Waals surface area contributed by atoms with Gasteiger partial charge in [0.15, 0.2) is 0 Å². The van der Waals surface area contributed by atoms with E-state index in [0.717, 1.165) is 24.8 Å². The Hall–Kier alpha value is -2.41. The van der Waals surface area contributed by atoms with E-state index < -0.39 is 0 Å². The normalized spacial score (nSPS) is 17.9. The van der Waals surface area contributed by atoms with E-state index in [9.17, 15) is 14.0 Å². The summed E-state index contributed by atoms with van der Waals surface area (Å²) in [7, 11) is 0. The lowest BCUT2D eigenvalue weighted by Gasteiger charge is -2.37. The Balaban J connectivity index is 1.48. The molecule has 0 N–H and O–H groups in total. The van der Waals surface area contributed by atoms with Crippen LogP contribution in [-0.4, -0.2) is 47.9 Å². The predicted octanol–water partition coefficient (Wildman–Crippen LogP) is 4.68. The quantitative estimate of drug-likeness (QED) is 0.548. The molecule has 0 saturated heterocycles. The van der Waals surface area contributed by atoms with Crippen LogP contribution in [0.5, 0.6) is 5.75 Å². The Labute approximate surface area is 193 Å². The summed E-state index contributed by atoms with van der Waals surface area (Å²) in [6.07, 6.45) is 3.55. The van der Waals surface area contributed by atoms with Gasteiger partial charge in [0.2, 0.25) is 11.8 Å². The molecule has 7 heteroatoms. The lowest BCUT2D eigenvalue weighted by Crippen LogP contribution is -2.48. The summed E-state index contributed by atoms with van der Waals surface area (Å²) in [6.45, 7) is 5.75. The summed E-state index contributed by atoms with van der Waals surface area (Å²) in [4.78, 5) is 31.1. The van der Waals surface area contributed by atoms with Crippen molar-refractivity contribution in [2.75, 3.05) is 26.2 Å². The first-order valence-electron chi connectivity index (χ1n) is 11.4. The van der Waals surface area contributed by atoms with Gasteiger partial charge in [-0.05, 0) is 72.4 Å². The van der Waals surface area contributed by atoms with Gasteiger partial charge in [0.25, 0.3) is 0 Å². The third-order valence-electron chi connectivity index (χ3n) is 6.07. The number of amides is 2. The number of rotatable bonds is 9. The fourth-order valence-electron chi connectivity index (χ4n) is 4.18. The number of ether oxygens (including phenoxy) is 1. The third-order valence-corrected chi connectivity index (χ3v) is 7.07. The maximum absolute atomic E-state index is 13.4. The van der Waals surface area contributed by atoms with E-state index in [1.807, 2.05) is 18.7 Å². The Kier molecular flexibility index (Phi) is 7.13. The highest BCUT2D eigenvalue weighted by Crippen LogP contribution is 2.34. The molecule has 4 rings (SSSR count). The highest BCUT2D eigenvalue weighted by molar-refractivity contribution is 7.10. The highest BCUT2D eigenvalue weighted by atomic mass is 32.1. The Morgan fingerprint density at radius 1 is 1.22 bits per heavy atom. The second kappa shape index (κ2) is 10.0. The van der Waals surface area contributed by atoms with Gasteiger partial charge < -0.3 is 14.5 Å². The van der Waals surface area contributed by atoms with E-state index in [0.29, 0.717) is 37.8 Å². The van der Waals surface area contributed by atoms with Crippen molar-refractivity contribution in [3.8, 4) is 5.75 Å². The molecule has 1 aliphatic carbocycles. The van der Waals surface area contributed by atoms with Crippen LogP contribution in [0.15, 0.2) is 35.7 Å². The second-order valence-corrected chi connectivity index (χ2v) is 10.2. The maximum atomic E-state index is 13.4. The molecule has 1 unspecified atom stereocenters. The number of carbonyl (C=O) groups excluding carboxylic acids is 2. The molecule has 1 aromatic carbocycles. The van der Waals surface area contributed by atoms with E-state index in [2.05, 4.69) is 11.4 Å². The van der Waals surface area contributed by atoms with E-state index >= 15 is 0 Å². The largest absolute Gasteiger partial charge is 0.491 e. The minimum atomic E-state index is -0.311. The van der Waals surface area contributed by atoms with Crippen LogP contribution in [0.4, 0.5) is 4.39 Å². The molecule has 5 nitrogen and oxygen atoms in total. The first-order chi connectivity index (χ1) is 15.4. The van der Waals surface area contributed by atoms with Crippen LogP contribution in [0.25, 0.3) is 0 Å². The van der Waals surface area contributed by atoms with Gasteiger partial charge >= 0.3 is 0 Å². The molecule has 2 aromatic rings. The van der Waals surface area contributed by atoms with Crippen LogP contribution in [0.2, 0.25) is 0 Å². The van der Waals surface area contributed by atoms with Gasteiger partial charge in [-0.25, -0.2) is 4.39 Å². The molecular formula is C25H31FN2O3S. The molecule has 1 saturated carbocycles. The Morgan fingerprint density at radius 3 is 2.66 bits per heavy atom. The number of hydrogen-bond donors (Lipinski definition) is 0. The first-order valence-corrected chi connectivity index (χ1v) is 12.3. The number of carbonyl (C=O) groups is 2. The molecule has 1 atom stereocenters. The average molecular weight is 459 g/mol. The fraction of sp³-hybridized carbons (Fsp3) is 0.520. The Bertz CT molecular complexity index is 939. The summed E-state index contributed by atoms with van der Waals surface area (Å²) in [5.74, 6) is 1.08. The van der Waals surface area contributed by atoms with E-state index in [4.69, 9.17) is 4.74 Å². The van der Waals surface area contributed by atoms with Crippen LogP contribution < -0.4 is 4.74 Å². The first kappa shape index (κ1) is 22.8. The molecule has 32 heavy (non-hydrogen) atoms. The standard InChI is InChI=1S/C25H31FN2O3S/c1-17(2)13-24(29)27(14-18-3-4-18)15-25(30)28-11-9-23-21(10-12-32-23)22(28)16-31-20-7-5-19(26)6-8-20/h5-8,10,12,17-18,22H,3-4,9,11,13-16H2,1-2H3. The molecule has 0 radical (unpaired) electrons. The molecular weight excluding hydrogens is 427 g/mol. The van der Waals surface area contributed by atoms with E-state index in [1.165, 1.54) is 17.0 Å². The van der Waals surface area contributed by atoms with Crippen molar-refractivity contribution < 1.29 is 18.7 Å². The van der Waals surface area contributed by atoms with Gasteiger partial charge in [-0.1, -0.05) is 13.8 Å². The molecule has 0 bridgehead atoms. The predicted molar refractivity (Wildman–Crippen MR) is 123 cm³/mol. The zero-order chi connectivity index (χ0) is 22.7. The lowest BCUT2D eigenvalue weighted by molar-refractivity contribution is -0.143. The van der Waals surface area contributed by atoms with Crippen molar-refractivity contribution in [2.24, 2.45) is 11.8 Å². The number of fused-ring (bicyclic) bond motifs is 1. The van der Waals surface area contributed by atoms with Crippen molar-refractivity contribution in [1.29, 1.82) is 0 Å². The number of hydrogen-bond acceptors (Lipinski definition) is 4. The summed E-state index contributed by atoms with van der Waals surface area (Å²) in [5.41, 5.74) is 1.11. The number of halogens is 1. The van der Waals surface area contributed by atoms with Gasteiger partial charge in [-0.3, -0.25) is 9.59 Å². The zero-order valence-corrected chi connectivity index (χ0v) is 19.6. The van der Waals surface area contributed by atoms with Crippen LogP contribution >= 0.6 is 11.3 Å². The molecule has 1 aromatic heterocycles. The highest BCUT2D eigenvalue weighted by Gasteiger charge is 2.35. The molecule has 1 fully saturated rings. The molecule has 2 aliphatic rings. The second-order valence-electron chi connectivity index (χ2n) is 9.23. The molecule has 0 spiro atoms. The van der Waals surface area contributed by atoms with Gasteiger partial charge in [-0.2, -0.15) is 0 Å². The zero-order valence-electron chi connectivity index (χ0n) is 18.8. The van der Waals surface area contributed by atoms with Crippen LogP contribution in [-0.2, 0) is 16.0 Å². The van der Waals surface area contributed by atoms with Gasteiger partial charge in [-0.15, -0.1) is 11.3 Å². The lowest BCUT2D eigenvalue weighted by atomic mass is 10.00. The van der Waals surface area contributed by atoms with E-state index in [-0.39, 0.29) is 36.1 Å². The van der Waals surface area contributed by atoms with Gasteiger partial charge in [0.1, 0.15) is 18.2 Å². The summed E-state index contributed by atoms with van der Waals surface area (Å²) < 4.78 is 19.2. The van der Waals surface area contributed by atoms with Crippen molar-refractivity contribution in [1.82, 2.24) is 9.80 Å². The average Bonchev–Trinajstić information content (AvgIpc) is 3.44. The van der Waals surface area contributed by atoms with Crippen LogP contribution in [0, 0.1) is 17.7 Å². The molecule has 2 amide bonds. The van der Waals surface area contributed by atoms with Crippen molar-refractivity contribution in [3.63, 3.8) is 0 Å². The smallest absolute Gasteiger partial charge is 0.242 e. The molecule has 2 heterocycles. The number of nitrogens with zero attached hydrogens (tertiary/aromatic N) is 2. The van der Waals surface area contributed by atoms with Crippen molar-refractivity contribution in [2.45, 2.75) is 45.6 Å². The van der Waals surface area contributed by atoms with Gasteiger partial charge in [0, 0.05) is 24.4 Å². The van der Waals surface area contributed by atoms with Crippen LogP contribution in [0.1, 0.15) is 49.6 Å². The topological polar surface area (TPSA) is 49.9 Å². The Morgan fingerprint density at radius 2 is 1.97 bits per heavy atom. The molecule has 1 aliphatic heterocycles. The maximum Gasteiger partial charge on any atom is 0.242 e. The van der Waals surface area contributed by atoms with Crippen molar-refractivity contribution in [3.05, 3.63) is 52.0 Å². The monoisotopic (exact) mass is 458 g/mol. The summed E-state index contributed by atoms with van der Waals surface area (Å²) in [6, 6.07) is 7.77. The van der Waals surface area contributed by atoms with Crippen molar-refractivity contribution >= 4 is 23.2 Å². The summed E-state index contributed by atoms with van der Waals surface area (Å²) in [5, 5.41) is 2.05. The van der Waals surface area contributed by atoms with Gasteiger partial charge in [0.05, 0.1) is 12.6 Å². The number of benzene rings is 1. The van der Waals surface area contributed by atoms with Crippen LogP contribution in [0.3, 0.4) is 0 Å². The fourth-order valence-corrected chi connectivity index (χ4v) is 5.11. The summed E-state index contributed by atoms with van der Waals surface area (Å²) >= 11 is 1.70. The SMILES string of the molecule is CC(C)CC(=O)N(CC(=O)N1CCc2sccc2C1COc1ccc(F)cc1)CC1CC1. The number of thiophene rings is 1. The minimum Gasteiger partial charge on any atom is -0.491 e. The van der Waals surface area contributed by atoms with E-state index in [1.54, 1.807) is 28.4 Å². The molecule has 172 valence electrons.